The molecule has 0 saturated carbocycles. The zero-order chi connectivity index (χ0) is 14.5. The lowest BCUT2D eigenvalue weighted by atomic mass is 10.1. The molecule has 1 aromatic carbocycles. The molecule has 0 radical (unpaired) electrons. The van der Waals surface area contributed by atoms with Gasteiger partial charge in [0.2, 0.25) is 0 Å². The standard InChI is InChI=1S/C14H13NO4S/c1-10(16)13-9-11(15(17)18)4-5-14(13)19-7-6-12-3-2-8-20-12/h2-5,8-9H,6-7H2,1H3. The quantitative estimate of drug-likeness (QED) is 0.464. The molecule has 0 aliphatic rings. The number of ketones is 1. The summed E-state index contributed by atoms with van der Waals surface area (Å²) in [5.74, 6) is 0.138. The van der Waals surface area contributed by atoms with Crippen molar-refractivity contribution in [1.82, 2.24) is 0 Å². The van der Waals surface area contributed by atoms with Gasteiger partial charge in [-0.05, 0) is 24.4 Å². The van der Waals surface area contributed by atoms with Crippen LogP contribution < -0.4 is 4.74 Å². The molecule has 0 amide bonds. The predicted octanol–water partition coefficient (Wildman–Crippen LogP) is 3.48. The number of thiophene rings is 1. The highest BCUT2D eigenvalue weighted by molar-refractivity contribution is 7.09. The molecule has 0 N–H and O–H groups in total. The highest BCUT2D eigenvalue weighted by Crippen LogP contribution is 2.25. The molecule has 0 saturated heterocycles. The van der Waals surface area contributed by atoms with Crippen LogP contribution in [0.3, 0.4) is 0 Å². The van der Waals surface area contributed by atoms with Crippen LogP contribution in [0.5, 0.6) is 5.75 Å². The van der Waals surface area contributed by atoms with E-state index in [2.05, 4.69) is 0 Å². The monoisotopic (exact) mass is 291 g/mol. The number of Topliss-reactive ketones (excluding diaryl/α,β-unsaturated/α-hetero) is 1. The molecule has 104 valence electrons. The van der Waals surface area contributed by atoms with Gasteiger partial charge < -0.3 is 4.74 Å². The molecule has 1 heterocycles. The van der Waals surface area contributed by atoms with Gasteiger partial charge in [-0.2, -0.15) is 0 Å². The number of ether oxygens (including phenoxy) is 1. The Balaban J connectivity index is 2.10. The van der Waals surface area contributed by atoms with Gasteiger partial charge in [-0.1, -0.05) is 6.07 Å². The predicted molar refractivity (Wildman–Crippen MR) is 76.6 cm³/mol. The van der Waals surface area contributed by atoms with Gasteiger partial charge in [0.1, 0.15) is 5.75 Å². The SMILES string of the molecule is CC(=O)c1cc([N+](=O)[O-])ccc1OCCc1cccs1. The first-order valence-electron chi connectivity index (χ1n) is 6.02. The molecule has 1 aromatic heterocycles. The molecule has 0 aliphatic carbocycles. The Bertz CT molecular complexity index is 622. The first kappa shape index (κ1) is 14.2. The van der Waals surface area contributed by atoms with Gasteiger partial charge >= 0.3 is 0 Å². The molecule has 0 fully saturated rings. The normalized spacial score (nSPS) is 10.2. The van der Waals surface area contributed by atoms with Crippen molar-refractivity contribution in [3.63, 3.8) is 0 Å². The Morgan fingerprint density at radius 3 is 2.80 bits per heavy atom. The lowest BCUT2D eigenvalue weighted by Gasteiger charge is -2.09. The summed E-state index contributed by atoms with van der Waals surface area (Å²) in [5, 5.41) is 12.7. The maximum absolute atomic E-state index is 11.5. The third kappa shape index (κ3) is 3.42. The van der Waals surface area contributed by atoms with Crippen molar-refractivity contribution >= 4 is 22.8 Å². The van der Waals surface area contributed by atoms with Gasteiger partial charge in [-0.3, -0.25) is 14.9 Å². The Morgan fingerprint density at radius 2 is 2.20 bits per heavy atom. The summed E-state index contributed by atoms with van der Waals surface area (Å²) in [6, 6.07) is 8.04. The van der Waals surface area contributed by atoms with Gasteiger partial charge in [0.15, 0.2) is 5.78 Å². The summed E-state index contributed by atoms with van der Waals surface area (Å²) in [4.78, 5) is 22.9. The van der Waals surface area contributed by atoms with Crippen LogP contribution in [0.1, 0.15) is 22.2 Å². The minimum absolute atomic E-state index is 0.110. The molecule has 0 spiro atoms. The minimum atomic E-state index is -0.526. The number of carbonyl (C=O) groups is 1. The van der Waals surface area contributed by atoms with E-state index in [1.165, 1.54) is 30.0 Å². The van der Waals surface area contributed by atoms with Crippen LogP contribution in [0.2, 0.25) is 0 Å². The van der Waals surface area contributed by atoms with Crippen LogP contribution in [0.15, 0.2) is 35.7 Å². The van der Waals surface area contributed by atoms with Crippen LogP contribution in [0, 0.1) is 10.1 Å². The Morgan fingerprint density at radius 1 is 1.40 bits per heavy atom. The van der Waals surface area contributed by atoms with Crippen LogP contribution in [0.4, 0.5) is 5.69 Å². The van der Waals surface area contributed by atoms with Crippen molar-refractivity contribution in [1.29, 1.82) is 0 Å². The number of nitrogens with zero attached hydrogens (tertiary/aromatic N) is 1. The average molecular weight is 291 g/mol. The first-order valence-corrected chi connectivity index (χ1v) is 6.90. The molecule has 2 rings (SSSR count). The minimum Gasteiger partial charge on any atom is -0.492 e. The molecule has 2 aromatic rings. The summed E-state index contributed by atoms with van der Waals surface area (Å²) >= 11 is 1.64. The van der Waals surface area contributed by atoms with Crippen molar-refractivity contribution < 1.29 is 14.5 Å². The Kier molecular flexibility index (Phi) is 4.47. The number of non-ortho nitro benzene ring substituents is 1. The highest BCUT2D eigenvalue weighted by atomic mass is 32.1. The second kappa shape index (κ2) is 6.29. The number of rotatable bonds is 6. The maximum atomic E-state index is 11.5. The molecule has 0 atom stereocenters. The number of hydrogen-bond acceptors (Lipinski definition) is 5. The summed E-state index contributed by atoms with van der Waals surface area (Å²) in [7, 11) is 0. The summed E-state index contributed by atoms with van der Waals surface area (Å²) in [5.41, 5.74) is 0.131. The third-order valence-electron chi connectivity index (χ3n) is 2.74. The first-order chi connectivity index (χ1) is 9.58. The second-order valence-electron chi connectivity index (χ2n) is 4.17. The zero-order valence-corrected chi connectivity index (χ0v) is 11.7. The number of nitro benzene ring substituents is 1. The van der Waals surface area contributed by atoms with Crippen LogP contribution in [-0.2, 0) is 6.42 Å². The summed E-state index contributed by atoms with van der Waals surface area (Å²) < 4.78 is 5.57. The zero-order valence-electron chi connectivity index (χ0n) is 10.9. The number of carbonyl (C=O) groups excluding carboxylic acids is 1. The molecule has 0 bridgehead atoms. The van der Waals surface area contributed by atoms with E-state index in [1.807, 2.05) is 17.5 Å². The lowest BCUT2D eigenvalue weighted by Crippen LogP contribution is -2.05. The molecule has 20 heavy (non-hydrogen) atoms. The van der Waals surface area contributed by atoms with E-state index < -0.39 is 4.92 Å². The second-order valence-corrected chi connectivity index (χ2v) is 5.20. The average Bonchev–Trinajstić information content (AvgIpc) is 2.91. The fraction of sp³-hybridized carbons (Fsp3) is 0.214. The van der Waals surface area contributed by atoms with Gasteiger partial charge in [-0.15, -0.1) is 11.3 Å². The Hall–Kier alpha value is -2.21. The molecular weight excluding hydrogens is 278 g/mol. The maximum Gasteiger partial charge on any atom is 0.270 e. The van der Waals surface area contributed by atoms with Crippen LogP contribution >= 0.6 is 11.3 Å². The highest BCUT2D eigenvalue weighted by Gasteiger charge is 2.14. The number of benzene rings is 1. The van der Waals surface area contributed by atoms with E-state index in [0.29, 0.717) is 12.4 Å². The van der Waals surface area contributed by atoms with Gasteiger partial charge in [-0.25, -0.2) is 0 Å². The third-order valence-corrected chi connectivity index (χ3v) is 3.68. The number of nitro groups is 1. The van der Waals surface area contributed by atoms with E-state index in [-0.39, 0.29) is 17.0 Å². The lowest BCUT2D eigenvalue weighted by molar-refractivity contribution is -0.384. The molecule has 6 heteroatoms. The van der Waals surface area contributed by atoms with Crippen LogP contribution in [0.25, 0.3) is 0 Å². The van der Waals surface area contributed by atoms with E-state index in [0.717, 1.165) is 6.42 Å². The molecule has 0 unspecified atom stereocenters. The topological polar surface area (TPSA) is 69.4 Å². The van der Waals surface area contributed by atoms with Gasteiger partial charge in [0.25, 0.3) is 5.69 Å². The van der Waals surface area contributed by atoms with Crippen molar-refractivity contribution in [2.75, 3.05) is 6.61 Å². The van der Waals surface area contributed by atoms with Gasteiger partial charge in [0.05, 0.1) is 17.1 Å². The van der Waals surface area contributed by atoms with Crippen molar-refractivity contribution in [3.8, 4) is 5.75 Å². The summed E-state index contributed by atoms with van der Waals surface area (Å²) in [6.07, 6.45) is 0.742. The van der Waals surface area contributed by atoms with E-state index >= 15 is 0 Å². The van der Waals surface area contributed by atoms with Crippen molar-refractivity contribution in [2.24, 2.45) is 0 Å². The van der Waals surface area contributed by atoms with Crippen LogP contribution in [-0.4, -0.2) is 17.3 Å². The van der Waals surface area contributed by atoms with Gasteiger partial charge in [0, 0.05) is 23.4 Å². The van der Waals surface area contributed by atoms with E-state index in [4.69, 9.17) is 4.74 Å². The summed E-state index contributed by atoms with van der Waals surface area (Å²) in [6.45, 7) is 1.80. The van der Waals surface area contributed by atoms with Crippen molar-refractivity contribution in [3.05, 3.63) is 56.3 Å². The molecular formula is C14H13NO4S. The fourth-order valence-electron chi connectivity index (χ4n) is 1.75. The Labute approximate surface area is 120 Å². The smallest absolute Gasteiger partial charge is 0.270 e. The number of hydrogen-bond donors (Lipinski definition) is 0. The fourth-order valence-corrected chi connectivity index (χ4v) is 2.44. The largest absolute Gasteiger partial charge is 0.492 e. The molecule has 0 aliphatic heterocycles. The van der Waals surface area contributed by atoms with Crippen molar-refractivity contribution in [2.45, 2.75) is 13.3 Å². The van der Waals surface area contributed by atoms with E-state index in [9.17, 15) is 14.9 Å². The van der Waals surface area contributed by atoms with E-state index in [1.54, 1.807) is 11.3 Å². The molecule has 5 nitrogen and oxygen atoms in total.